The van der Waals surface area contributed by atoms with E-state index in [-0.39, 0.29) is 68.2 Å². The Hall–Kier alpha value is -1.68. The van der Waals surface area contributed by atoms with Crippen molar-refractivity contribution in [2.24, 2.45) is 4.99 Å². The molecule has 1 fully saturated rings. The van der Waals surface area contributed by atoms with Gasteiger partial charge in [0, 0.05) is 31.7 Å². The highest BCUT2D eigenvalue weighted by molar-refractivity contribution is 14.0. The van der Waals surface area contributed by atoms with Gasteiger partial charge >= 0.3 is 15.5 Å². The van der Waals surface area contributed by atoms with E-state index in [9.17, 15) is 31.7 Å². The summed E-state index contributed by atoms with van der Waals surface area (Å²) >= 11 is 0. The Balaban J connectivity index is 0.00000450. The monoisotopic (exact) mass is 565 g/mol. The van der Waals surface area contributed by atoms with Gasteiger partial charge in [-0.3, -0.25) is 10.1 Å². The zero-order chi connectivity index (χ0) is 21.7. The molecule has 2 N–H and O–H groups in total. The average molecular weight is 565 g/mol. The summed E-state index contributed by atoms with van der Waals surface area (Å²) in [7, 11) is -5.32. The summed E-state index contributed by atoms with van der Waals surface area (Å²) in [5, 5.41) is 17.1. The number of hydrogen-bond donors (Lipinski definition) is 2. The summed E-state index contributed by atoms with van der Waals surface area (Å²) in [6, 6.07) is 5.90. The van der Waals surface area contributed by atoms with E-state index in [0.29, 0.717) is 22.4 Å². The van der Waals surface area contributed by atoms with Gasteiger partial charge in [0.25, 0.3) is 5.69 Å². The van der Waals surface area contributed by atoms with Crippen molar-refractivity contribution in [3.8, 4) is 0 Å². The highest BCUT2D eigenvalue weighted by atomic mass is 127. The lowest BCUT2D eigenvalue weighted by molar-refractivity contribution is -0.385. The number of para-hydroxylation sites is 1. The normalized spacial score (nSPS) is 16.6. The van der Waals surface area contributed by atoms with Gasteiger partial charge in [-0.15, -0.1) is 24.0 Å². The summed E-state index contributed by atoms with van der Waals surface area (Å²) in [5.74, 6) is 0.350. The molecule has 1 aliphatic heterocycles. The van der Waals surface area contributed by atoms with Gasteiger partial charge < -0.3 is 10.6 Å². The third-order valence-electron chi connectivity index (χ3n) is 4.37. The van der Waals surface area contributed by atoms with Crippen molar-refractivity contribution in [3.05, 3.63) is 39.9 Å². The van der Waals surface area contributed by atoms with Crippen LogP contribution in [0.5, 0.6) is 0 Å². The number of guanidine groups is 1. The molecule has 0 bridgehead atoms. The highest BCUT2D eigenvalue weighted by Crippen LogP contribution is 2.29. The van der Waals surface area contributed by atoms with Crippen LogP contribution in [0.1, 0.15) is 25.3 Å². The van der Waals surface area contributed by atoms with Gasteiger partial charge in [0.05, 0.1) is 17.0 Å². The van der Waals surface area contributed by atoms with Crippen LogP contribution >= 0.6 is 24.0 Å². The molecule has 0 spiro atoms. The van der Waals surface area contributed by atoms with Crippen LogP contribution in [0.25, 0.3) is 0 Å². The third kappa shape index (κ3) is 6.66. The van der Waals surface area contributed by atoms with Crippen LogP contribution in [0.2, 0.25) is 0 Å². The van der Waals surface area contributed by atoms with E-state index in [1.165, 1.54) is 6.07 Å². The van der Waals surface area contributed by atoms with Gasteiger partial charge in [0.15, 0.2) is 5.96 Å². The molecule has 9 nitrogen and oxygen atoms in total. The number of aliphatic imine (C=N–C) groups is 1. The summed E-state index contributed by atoms with van der Waals surface area (Å²) in [6.07, 6.45) is 0.344. The fourth-order valence-electron chi connectivity index (χ4n) is 2.89. The number of alkyl halides is 3. The van der Waals surface area contributed by atoms with Crippen molar-refractivity contribution < 1.29 is 26.5 Å². The number of hydrogen-bond acceptors (Lipinski definition) is 5. The van der Waals surface area contributed by atoms with Crippen LogP contribution < -0.4 is 10.6 Å². The number of piperidine rings is 1. The maximum atomic E-state index is 12.7. The van der Waals surface area contributed by atoms with Crippen molar-refractivity contribution in [1.82, 2.24) is 14.9 Å². The zero-order valence-corrected chi connectivity index (χ0v) is 19.2. The SMILES string of the molecule is CCNC(=NCc1ccccc1[N+](=O)[O-])NC1CCN(S(=O)(=O)C(F)(F)F)CC1.I. The molecule has 30 heavy (non-hydrogen) atoms. The van der Waals surface area contributed by atoms with Crippen LogP contribution in [0.4, 0.5) is 18.9 Å². The maximum absolute atomic E-state index is 12.7. The molecule has 0 amide bonds. The molecule has 1 heterocycles. The lowest BCUT2D eigenvalue weighted by Crippen LogP contribution is -2.51. The topological polar surface area (TPSA) is 117 Å². The molecule has 170 valence electrons. The first kappa shape index (κ1) is 26.4. The van der Waals surface area contributed by atoms with E-state index in [1.54, 1.807) is 18.2 Å². The van der Waals surface area contributed by atoms with Crippen LogP contribution in [0, 0.1) is 10.1 Å². The second-order valence-corrected chi connectivity index (χ2v) is 8.28. The molecule has 0 radical (unpaired) electrons. The van der Waals surface area contributed by atoms with E-state index >= 15 is 0 Å². The third-order valence-corrected chi connectivity index (χ3v) is 6.00. The van der Waals surface area contributed by atoms with Crippen LogP contribution in [0.3, 0.4) is 0 Å². The predicted octanol–water partition coefficient (Wildman–Crippen LogP) is 2.58. The number of sulfonamides is 1. The number of halogens is 4. The minimum Gasteiger partial charge on any atom is -0.357 e. The maximum Gasteiger partial charge on any atom is 0.511 e. The van der Waals surface area contributed by atoms with Crippen LogP contribution in [-0.4, -0.2) is 54.8 Å². The molecule has 1 saturated heterocycles. The molecule has 1 aromatic rings. The summed E-state index contributed by atoms with van der Waals surface area (Å²) < 4.78 is 61.3. The van der Waals surface area contributed by atoms with Gasteiger partial charge in [-0.25, -0.2) is 13.4 Å². The molecule has 0 atom stereocenters. The molecule has 0 unspecified atom stereocenters. The van der Waals surface area contributed by atoms with E-state index in [1.807, 2.05) is 6.92 Å². The second-order valence-electron chi connectivity index (χ2n) is 6.35. The quantitative estimate of drug-likeness (QED) is 0.180. The lowest BCUT2D eigenvalue weighted by Gasteiger charge is -2.32. The Kier molecular flexibility index (Phi) is 9.74. The first-order chi connectivity index (χ1) is 13.6. The van der Waals surface area contributed by atoms with Crippen molar-refractivity contribution in [3.63, 3.8) is 0 Å². The molecular weight excluding hydrogens is 542 g/mol. The first-order valence-corrected chi connectivity index (χ1v) is 10.3. The fourth-order valence-corrected chi connectivity index (χ4v) is 3.87. The first-order valence-electron chi connectivity index (χ1n) is 8.89. The standard InChI is InChI=1S/C16H22F3N5O4S.HI/c1-2-20-15(21-11-12-5-3-4-6-14(12)24(25)26)22-13-7-9-23(10-8-13)29(27,28)16(17,18)19;/h3-6,13H,2,7-11H2,1H3,(H2,20,21,22);1H. The molecular formula is C16H23F3IN5O4S. The summed E-state index contributed by atoms with van der Waals surface area (Å²) in [6.45, 7) is 1.84. The minimum atomic E-state index is -5.32. The Morgan fingerprint density at radius 2 is 1.90 bits per heavy atom. The molecule has 14 heteroatoms. The predicted molar refractivity (Wildman–Crippen MR) is 116 cm³/mol. The van der Waals surface area contributed by atoms with Crippen molar-refractivity contribution in [1.29, 1.82) is 0 Å². The van der Waals surface area contributed by atoms with Gasteiger partial charge in [-0.2, -0.15) is 17.5 Å². The number of nitro groups is 1. The van der Waals surface area contributed by atoms with Crippen LogP contribution in [0.15, 0.2) is 29.3 Å². The second kappa shape index (κ2) is 11.1. The van der Waals surface area contributed by atoms with E-state index in [4.69, 9.17) is 0 Å². The summed E-state index contributed by atoms with van der Waals surface area (Å²) in [5.41, 5.74) is -4.95. The Morgan fingerprint density at radius 1 is 1.30 bits per heavy atom. The summed E-state index contributed by atoms with van der Waals surface area (Å²) in [4.78, 5) is 14.9. The number of nitro benzene ring substituents is 1. The zero-order valence-electron chi connectivity index (χ0n) is 16.1. The van der Waals surface area contributed by atoms with Gasteiger partial charge in [-0.1, -0.05) is 18.2 Å². The van der Waals surface area contributed by atoms with Crippen molar-refractivity contribution in [2.75, 3.05) is 19.6 Å². The van der Waals surface area contributed by atoms with Gasteiger partial charge in [-0.05, 0) is 19.8 Å². The number of nitrogens with one attached hydrogen (secondary N) is 2. The number of rotatable bonds is 6. The molecule has 2 rings (SSSR count). The van der Waals surface area contributed by atoms with E-state index in [2.05, 4.69) is 15.6 Å². The van der Waals surface area contributed by atoms with Crippen molar-refractivity contribution in [2.45, 2.75) is 37.9 Å². The average Bonchev–Trinajstić information content (AvgIpc) is 2.66. The molecule has 0 aliphatic carbocycles. The Bertz CT molecular complexity index is 859. The van der Waals surface area contributed by atoms with Gasteiger partial charge in [0.2, 0.25) is 0 Å². The lowest BCUT2D eigenvalue weighted by atomic mass is 10.1. The van der Waals surface area contributed by atoms with Gasteiger partial charge in [0.1, 0.15) is 0 Å². The smallest absolute Gasteiger partial charge is 0.357 e. The highest BCUT2D eigenvalue weighted by Gasteiger charge is 2.50. The Morgan fingerprint density at radius 3 is 2.43 bits per heavy atom. The minimum absolute atomic E-state index is 0. The molecule has 1 aromatic carbocycles. The Labute approximate surface area is 189 Å². The van der Waals surface area contributed by atoms with Crippen molar-refractivity contribution >= 4 is 45.6 Å². The van der Waals surface area contributed by atoms with E-state index < -0.39 is 20.5 Å². The van der Waals surface area contributed by atoms with Crippen LogP contribution in [-0.2, 0) is 16.6 Å². The largest absolute Gasteiger partial charge is 0.511 e. The number of benzene rings is 1. The van der Waals surface area contributed by atoms with E-state index in [0.717, 1.165) is 0 Å². The molecule has 1 aliphatic rings. The molecule has 0 saturated carbocycles. The fraction of sp³-hybridized carbons (Fsp3) is 0.562. The number of nitrogens with zero attached hydrogens (tertiary/aromatic N) is 3. The molecule has 0 aromatic heterocycles.